The van der Waals surface area contributed by atoms with Gasteiger partial charge in [0.1, 0.15) is 17.1 Å². The molecular weight excluding hydrogens is 595 g/mol. The Balaban J connectivity index is 1.21. The molecule has 3 fully saturated rings. The molecule has 0 spiro atoms. The van der Waals surface area contributed by atoms with Gasteiger partial charge in [-0.15, -0.1) is 0 Å². The Bertz CT molecular complexity index is 1500. The van der Waals surface area contributed by atoms with Gasteiger partial charge in [-0.3, -0.25) is 19.5 Å². The van der Waals surface area contributed by atoms with Crippen molar-refractivity contribution in [3.8, 4) is 22.8 Å². The number of ether oxygens (including phenoxy) is 2. The standard InChI is InChI=1S/C37H49FN6O3/c1-26(2)44-14-12-42(13-15-44)24-27-6-11-34(29(20-27)25-43-16-18-46-19-17-43)28-4-3-5-33(21-28)47-37-35(22-30(38)23-40-37)36(45)41-32-9-7-31(39)8-10-32/h3-6,11,20-23,26,31-32H,7-10,12-19,24-25,39H2,1-2H3,(H,41,45). The molecule has 3 heterocycles. The molecule has 2 aliphatic heterocycles. The molecule has 0 bridgehead atoms. The van der Waals surface area contributed by atoms with E-state index in [1.54, 1.807) is 0 Å². The van der Waals surface area contributed by atoms with Crippen molar-refractivity contribution >= 4 is 5.91 Å². The van der Waals surface area contributed by atoms with E-state index in [9.17, 15) is 9.18 Å². The highest BCUT2D eigenvalue weighted by Gasteiger charge is 2.24. The van der Waals surface area contributed by atoms with Crippen LogP contribution in [0.5, 0.6) is 11.6 Å². The monoisotopic (exact) mass is 644 g/mol. The summed E-state index contributed by atoms with van der Waals surface area (Å²) in [5.74, 6) is -0.368. The Hall–Kier alpha value is -3.41. The van der Waals surface area contributed by atoms with Crippen LogP contribution in [-0.2, 0) is 17.8 Å². The van der Waals surface area contributed by atoms with Crippen molar-refractivity contribution in [2.75, 3.05) is 52.5 Å². The molecule has 6 rings (SSSR count). The number of amides is 1. The summed E-state index contributed by atoms with van der Waals surface area (Å²) in [5.41, 5.74) is 10.8. The van der Waals surface area contributed by atoms with Gasteiger partial charge in [-0.05, 0) is 80.0 Å². The summed E-state index contributed by atoms with van der Waals surface area (Å²) >= 11 is 0. The topological polar surface area (TPSA) is 96.2 Å². The van der Waals surface area contributed by atoms with E-state index in [0.29, 0.717) is 11.8 Å². The van der Waals surface area contributed by atoms with Crippen LogP contribution in [0.15, 0.2) is 54.7 Å². The van der Waals surface area contributed by atoms with E-state index in [4.69, 9.17) is 15.2 Å². The van der Waals surface area contributed by atoms with Crippen LogP contribution in [0.25, 0.3) is 11.1 Å². The second kappa shape index (κ2) is 15.7. The Labute approximate surface area is 278 Å². The van der Waals surface area contributed by atoms with Crippen molar-refractivity contribution < 1.29 is 18.7 Å². The van der Waals surface area contributed by atoms with Crippen LogP contribution in [-0.4, -0.2) is 96.2 Å². The zero-order valence-corrected chi connectivity index (χ0v) is 27.8. The molecule has 2 aromatic carbocycles. The highest BCUT2D eigenvalue weighted by atomic mass is 19.1. The van der Waals surface area contributed by atoms with Gasteiger partial charge in [-0.25, -0.2) is 9.37 Å². The van der Waals surface area contributed by atoms with Crippen molar-refractivity contribution in [3.05, 3.63) is 77.2 Å². The molecule has 3 aromatic rings. The zero-order chi connectivity index (χ0) is 32.8. The lowest BCUT2D eigenvalue weighted by molar-refractivity contribution is 0.0342. The molecule has 0 atom stereocenters. The van der Waals surface area contributed by atoms with Crippen LogP contribution < -0.4 is 15.8 Å². The third-order valence-electron chi connectivity index (χ3n) is 9.74. The second-order valence-corrected chi connectivity index (χ2v) is 13.5. The lowest BCUT2D eigenvalue weighted by atomic mass is 9.91. The van der Waals surface area contributed by atoms with Crippen molar-refractivity contribution in [3.63, 3.8) is 0 Å². The van der Waals surface area contributed by atoms with E-state index in [-0.39, 0.29) is 23.5 Å². The summed E-state index contributed by atoms with van der Waals surface area (Å²) in [7, 11) is 0. The fraction of sp³-hybridized carbons (Fsp3) is 0.514. The Kier molecular flexibility index (Phi) is 11.2. The van der Waals surface area contributed by atoms with Gasteiger partial charge in [0.25, 0.3) is 5.91 Å². The molecule has 9 nitrogen and oxygen atoms in total. The van der Waals surface area contributed by atoms with Crippen LogP contribution in [0.4, 0.5) is 4.39 Å². The van der Waals surface area contributed by atoms with Gasteiger partial charge < -0.3 is 20.5 Å². The molecule has 47 heavy (non-hydrogen) atoms. The van der Waals surface area contributed by atoms with Crippen LogP contribution in [0.3, 0.4) is 0 Å². The summed E-state index contributed by atoms with van der Waals surface area (Å²) in [6.07, 6.45) is 4.39. The lowest BCUT2D eigenvalue weighted by Gasteiger charge is -2.37. The molecule has 1 amide bonds. The van der Waals surface area contributed by atoms with Crippen LogP contribution in [0, 0.1) is 5.82 Å². The number of halogens is 1. The van der Waals surface area contributed by atoms with Gasteiger partial charge in [0.2, 0.25) is 5.88 Å². The number of aromatic nitrogens is 1. The van der Waals surface area contributed by atoms with Gasteiger partial charge >= 0.3 is 0 Å². The van der Waals surface area contributed by atoms with Crippen molar-refractivity contribution in [1.82, 2.24) is 25.0 Å². The number of morpholine rings is 1. The van der Waals surface area contributed by atoms with Crippen molar-refractivity contribution in [2.45, 2.75) is 70.7 Å². The maximum absolute atomic E-state index is 14.3. The molecule has 0 unspecified atom stereocenters. The molecule has 252 valence electrons. The molecule has 10 heteroatoms. The number of carbonyl (C=O) groups is 1. The van der Waals surface area contributed by atoms with Gasteiger partial charge in [-0.1, -0.05) is 30.3 Å². The van der Waals surface area contributed by atoms with E-state index in [1.807, 2.05) is 18.2 Å². The number of nitrogens with zero attached hydrogens (tertiary/aromatic N) is 4. The van der Waals surface area contributed by atoms with Crippen LogP contribution in [0.2, 0.25) is 0 Å². The number of nitrogens with one attached hydrogen (secondary N) is 1. The number of nitrogens with two attached hydrogens (primary N) is 1. The average molecular weight is 645 g/mol. The first-order valence-electron chi connectivity index (χ1n) is 17.2. The fourth-order valence-electron chi connectivity index (χ4n) is 6.89. The highest BCUT2D eigenvalue weighted by Crippen LogP contribution is 2.32. The van der Waals surface area contributed by atoms with Crippen LogP contribution >= 0.6 is 0 Å². The molecule has 1 aliphatic carbocycles. The molecule has 3 N–H and O–H groups in total. The van der Waals surface area contributed by atoms with E-state index < -0.39 is 11.7 Å². The van der Waals surface area contributed by atoms with Crippen molar-refractivity contribution in [1.29, 1.82) is 0 Å². The van der Waals surface area contributed by atoms with E-state index in [0.717, 1.165) is 109 Å². The Morgan fingerprint density at radius 2 is 1.72 bits per heavy atom. The summed E-state index contributed by atoms with van der Waals surface area (Å²) in [6.45, 7) is 13.9. The highest BCUT2D eigenvalue weighted by molar-refractivity contribution is 5.96. The third-order valence-corrected chi connectivity index (χ3v) is 9.74. The normalized spacial score (nSPS) is 21.6. The maximum Gasteiger partial charge on any atom is 0.257 e. The minimum Gasteiger partial charge on any atom is -0.438 e. The summed E-state index contributed by atoms with van der Waals surface area (Å²) in [4.78, 5) is 25.0. The summed E-state index contributed by atoms with van der Waals surface area (Å²) in [5, 5.41) is 3.03. The fourth-order valence-corrected chi connectivity index (χ4v) is 6.89. The summed E-state index contributed by atoms with van der Waals surface area (Å²) < 4.78 is 26.1. The maximum atomic E-state index is 14.3. The smallest absolute Gasteiger partial charge is 0.257 e. The second-order valence-electron chi connectivity index (χ2n) is 13.5. The van der Waals surface area contributed by atoms with Gasteiger partial charge in [0.15, 0.2) is 0 Å². The van der Waals surface area contributed by atoms with Gasteiger partial charge in [-0.2, -0.15) is 0 Å². The predicted octanol–water partition coefficient (Wildman–Crippen LogP) is 5.04. The minimum atomic E-state index is -0.587. The van der Waals surface area contributed by atoms with Gasteiger partial charge in [0, 0.05) is 70.5 Å². The van der Waals surface area contributed by atoms with E-state index >= 15 is 0 Å². The molecule has 2 saturated heterocycles. The van der Waals surface area contributed by atoms with Crippen molar-refractivity contribution in [2.24, 2.45) is 5.73 Å². The van der Waals surface area contributed by atoms with Gasteiger partial charge in [0.05, 0.1) is 19.4 Å². The number of carbonyl (C=O) groups excluding carboxylic acids is 1. The number of piperazine rings is 1. The third kappa shape index (κ3) is 8.94. The molecule has 1 aromatic heterocycles. The number of benzene rings is 2. The number of hydrogen-bond acceptors (Lipinski definition) is 8. The molecule has 1 saturated carbocycles. The minimum absolute atomic E-state index is 0.000693. The van der Waals surface area contributed by atoms with E-state index in [2.05, 4.69) is 63.1 Å². The zero-order valence-electron chi connectivity index (χ0n) is 27.8. The average Bonchev–Trinajstić information content (AvgIpc) is 3.07. The largest absolute Gasteiger partial charge is 0.438 e. The first kappa shape index (κ1) is 33.5. The Morgan fingerprint density at radius 3 is 2.47 bits per heavy atom. The number of hydrogen-bond donors (Lipinski definition) is 2. The quantitative estimate of drug-likeness (QED) is 0.317. The molecular formula is C37H49FN6O3. The molecule has 3 aliphatic rings. The SMILES string of the molecule is CC(C)N1CCN(Cc2ccc(-c3cccc(Oc4ncc(F)cc4C(=O)NC4CCC(N)CC4)c3)c(CN3CCOCC3)c2)CC1. The molecule has 0 radical (unpaired) electrons. The summed E-state index contributed by atoms with van der Waals surface area (Å²) in [6, 6.07) is 16.6. The predicted molar refractivity (Wildman–Crippen MR) is 182 cm³/mol. The first-order valence-corrected chi connectivity index (χ1v) is 17.2. The Morgan fingerprint density at radius 1 is 0.979 bits per heavy atom. The lowest BCUT2D eigenvalue weighted by Crippen LogP contribution is -2.48. The van der Waals surface area contributed by atoms with Crippen LogP contribution in [0.1, 0.15) is 61.0 Å². The van der Waals surface area contributed by atoms with E-state index in [1.165, 1.54) is 17.2 Å². The number of rotatable bonds is 10. The first-order chi connectivity index (χ1) is 22.8. The number of pyridine rings is 1.